The molecule has 1 heterocycles. The predicted molar refractivity (Wildman–Crippen MR) is 130 cm³/mol. The van der Waals surface area contributed by atoms with E-state index >= 15 is 0 Å². The monoisotopic (exact) mass is 480 g/mol. The summed E-state index contributed by atoms with van der Waals surface area (Å²) in [6.07, 6.45) is -0.235. The van der Waals surface area contributed by atoms with E-state index in [2.05, 4.69) is 27.7 Å². The van der Waals surface area contributed by atoms with Crippen molar-refractivity contribution in [3.8, 4) is 0 Å². The Hall–Kier alpha value is -0.530. The third-order valence-electron chi connectivity index (χ3n) is 11.0. The van der Waals surface area contributed by atoms with E-state index < -0.39 is 24.4 Å². The maximum atomic E-state index is 12.5. The van der Waals surface area contributed by atoms with Gasteiger partial charge in [-0.25, -0.2) is 0 Å². The van der Waals surface area contributed by atoms with E-state index in [1.54, 1.807) is 0 Å². The van der Waals surface area contributed by atoms with Crippen molar-refractivity contribution in [2.24, 2.45) is 58.7 Å². The number of carbonyl (C=O) groups excluding carboxylic acids is 1. The summed E-state index contributed by atoms with van der Waals surface area (Å²) in [5.41, 5.74) is -0.259. The SMILES string of the molecule is CC(C)[C@H](C)[C@@H](O)[C@H](O)[C@H](C)[C@@H]1OC[C@H]2CCC(=O)CC2C2C1[C@@]1(C)CC[C@@H](C)C1[C@@H](O)[C@H]2O. The van der Waals surface area contributed by atoms with Crippen molar-refractivity contribution < 1.29 is 30.0 Å². The van der Waals surface area contributed by atoms with E-state index in [0.717, 1.165) is 19.3 Å². The van der Waals surface area contributed by atoms with Gasteiger partial charge in [0, 0.05) is 18.8 Å². The topological polar surface area (TPSA) is 107 Å². The Balaban J connectivity index is 1.76. The third-order valence-corrected chi connectivity index (χ3v) is 11.0. The average molecular weight is 481 g/mol. The molecule has 4 N–H and O–H groups in total. The zero-order chi connectivity index (χ0) is 25.1. The summed E-state index contributed by atoms with van der Waals surface area (Å²) in [5.74, 6) is 0.121. The Bertz CT molecular complexity index is 740. The number of aliphatic hydroxyl groups is 4. The fourth-order valence-electron chi connectivity index (χ4n) is 8.63. The molecular weight excluding hydrogens is 432 g/mol. The molecule has 4 fully saturated rings. The molecule has 4 rings (SSSR count). The molecule has 14 atom stereocenters. The van der Waals surface area contributed by atoms with Gasteiger partial charge in [-0.3, -0.25) is 4.79 Å². The predicted octanol–water partition coefficient (Wildman–Crippen LogP) is 3.04. The van der Waals surface area contributed by atoms with Crippen molar-refractivity contribution in [3.05, 3.63) is 0 Å². The van der Waals surface area contributed by atoms with Crippen molar-refractivity contribution >= 4 is 5.78 Å². The zero-order valence-corrected chi connectivity index (χ0v) is 21.9. The normalized spacial score (nSPS) is 48.3. The van der Waals surface area contributed by atoms with Crippen LogP contribution in [0.5, 0.6) is 0 Å². The minimum atomic E-state index is -0.949. The van der Waals surface area contributed by atoms with Crippen LogP contribution in [0.3, 0.4) is 0 Å². The summed E-state index contributed by atoms with van der Waals surface area (Å²) in [7, 11) is 0. The van der Waals surface area contributed by atoms with Gasteiger partial charge in [0.1, 0.15) is 5.78 Å². The first-order valence-corrected chi connectivity index (χ1v) is 13.8. The molecule has 3 saturated carbocycles. The van der Waals surface area contributed by atoms with Crippen LogP contribution >= 0.6 is 0 Å². The van der Waals surface area contributed by atoms with Crippen molar-refractivity contribution in [2.45, 2.75) is 104 Å². The summed E-state index contributed by atoms with van der Waals surface area (Å²) >= 11 is 0. The van der Waals surface area contributed by atoms with Crippen LogP contribution in [0.2, 0.25) is 0 Å². The first-order valence-electron chi connectivity index (χ1n) is 13.8. The minimum absolute atomic E-state index is 0.0153. The Morgan fingerprint density at radius 2 is 1.68 bits per heavy atom. The van der Waals surface area contributed by atoms with Gasteiger partial charge in [-0.2, -0.15) is 0 Å². The third kappa shape index (κ3) is 4.19. The second kappa shape index (κ2) is 9.74. The van der Waals surface area contributed by atoms with Crippen LogP contribution in [0.25, 0.3) is 0 Å². The average Bonchev–Trinajstić information content (AvgIpc) is 3.00. The van der Waals surface area contributed by atoms with E-state index in [1.807, 2.05) is 13.8 Å². The van der Waals surface area contributed by atoms with Gasteiger partial charge in [-0.1, -0.05) is 41.5 Å². The van der Waals surface area contributed by atoms with Crippen LogP contribution in [0, 0.1) is 58.7 Å². The number of hydrogen-bond acceptors (Lipinski definition) is 6. The molecule has 34 heavy (non-hydrogen) atoms. The lowest BCUT2D eigenvalue weighted by Gasteiger charge is -2.58. The van der Waals surface area contributed by atoms with Crippen LogP contribution in [0.4, 0.5) is 0 Å². The van der Waals surface area contributed by atoms with Crippen LogP contribution in [0.15, 0.2) is 0 Å². The Morgan fingerprint density at radius 1 is 1.00 bits per heavy atom. The molecule has 0 amide bonds. The lowest BCUT2D eigenvalue weighted by molar-refractivity contribution is -0.208. The van der Waals surface area contributed by atoms with E-state index in [0.29, 0.717) is 19.4 Å². The first-order chi connectivity index (χ1) is 15.9. The molecule has 3 aliphatic carbocycles. The highest BCUT2D eigenvalue weighted by atomic mass is 16.5. The quantitative estimate of drug-likeness (QED) is 0.482. The molecular formula is C28H48O6. The van der Waals surface area contributed by atoms with Gasteiger partial charge in [0.15, 0.2) is 0 Å². The second-order valence-electron chi connectivity index (χ2n) is 13.1. The van der Waals surface area contributed by atoms with Gasteiger partial charge >= 0.3 is 0 Å². The molecule has 0 aromatic rings. The highest BCUT2D eigenvalue weighted by molar-refractivity contribution is 5.79. The van der Waals surface area contributed by atoms with Gasteiger partial charge in [0.2, 0.25) is 0 Å². The van der Waals surface area contributed by atoms with E-state index in [-0.39, 0.29) is 70.6 Å². The minimum Gasteiger partial charge on any atom is -0.390 e. The fraction of sp³-hybridized carbons (Fsp3) is 0.964. The van der Waals surface area contributed by atoms with Crippen LogP contribution in [-0.4, -0.2) is 63.3 Å². The number of ketones is 1. The van der Waals surface area contributed by atoms with Crippen molar-refractivity contribution in [2.75, 3.05) is 6.61 Å². The number of rotatable bonds is 5. The Morgan fingerprint density at radius 3 is 2.32 bits per heavy atom. The molecule has 6 heteroatoms. The van der Waals surface area contributed by atoms with E-state index in [1.165, 1.54) is 0 Å². The van der Waals surface area contributed by atoms with E-state index in [9.17, 15) is 25.2 Å². The lowest BCUT2D eigenvalue weighted by atomic mass is 9.49. The van der Waals surface area contributed by atoms with Gasteiger partial charge in [0.25, 0.3) is 0 Å². The molecule has 1 aliphatic heterocycles. The fourth-order valence-corrected chi connectivity index (χ4v) is 8.63. The lowest BCUT2D eigenvalue weighted by Crippen LogP contribution is -2.63. The zero-order valence-electron chi connectivity index (χ0n) is 21.9. The Kier molecular flexibility index (Phi) is 7.60. The molecule has 4 unspecified atom stereocenters. The number of aliphatic hydroxyl groups excluding tert-OH is 4. The van der Waals surface area contributed by atoms with Gasteiger partial charge < -0.3 is 25.2 Å². The molecule has 0 aromatic heterocycles. The molecule has 0 bridgehead atoms. The van der Waals surface area contributed by atoms with Gasteiger partial charge in [-0.05, 0) is 72.0 Å². The summed E-state index contributed by atoms with van der Waals surface area (Å²) in [6.45, 7) is 12.9. The second-order valence-corrected chi connectivity index (χ2v) is 13.1. The van der Waals surface area contributed by atoms with E-state index in [4.69, 9.17) is 4.74 Å². The highest BCUT2D eigenvalue weighted by Crippen LogP contribution is 2.64. The maximum absolute atomic E-state index is 12.5. The maximum Gasteiger partial charge on any atom is 0.133 e. The van der Waals surface area contributed by atoms with Crippen LogP contribution in [-0.2, 0) is 9.53 Å². The molecule has 1 saturated heterocycles. The van der Waals surface area contributed by atoms with Crippen molar-refractivity contribution in [1.82, 2.24) is 0 Å². The first kappa shape index (κ1) is 26.5. The molecule has 6 nitrogen and oxygen atoms in total. The highest BCUT2D eigenvalue weighted by Gasteiger charge is 2.65. The van der Waals surface area contributed by atoms with Crippen molar-refractivity contribution in [1.29, 1.82) is 0 Å². The number of Topliss-reactive ketones (excluding diaryl/α,β-unsaturated/α-hetero) is 1. The summed E-state index contributed by atoms with van der Waals surface area (Å²) in [5, 5.41) is 45.3. The molecule has 0 spiro atoms. The molecule has 196 valence electrons. The van der Waals surface area contributed by atoms with Gasteiger partial charge in [-0.15, -0.1) is 0 Å². The summed E-state index contributed by atoms with van der Waals surface area (Å²) in [6, 6.07) is 0. The molecule has 0 radical (unpaired) electrons. The number of ether oxygens (including phenoxy) is 1. The van der Waals surface area contributed by atoms with Crippen LogP contribution < -0.4 is 0 Å². The summed E-state index contributed by atoms with van der Waals surface area (Å²) in [4.78, 5) is 12.5. The van der Waals surface area contributed by atoms with Crippen LogP contribution in [0.1, 0.15) is 73.6 Å². The van der Waals surface area contributed by atoms with Crippen molar-refractivity contribution in [3.63, 3.8) is 0 Å². The van der Waals surface area contributed by atoms with Gasteiger partial charge in [0.05, 0.1) is 37.1 Å². The number of hydrogen-bond donors (Lipinski definition) is 4. The smallest absolute Gasteiger partial charge is 0.133 e. The number of fused-ring (bicyclic) bond motifs is 5. The standard InChI is InChI=1S/C28H48O6/c1-13(2)15(4)23(30)24(31)16(5)27-22-20(19-11-18(29)8-7-17(19)12-34-27)25(32)26(33)21-14(3)9-10-28(21,22)6/h13-17,19-27,30-33H,7-12H2,1-6H3/t14-,15+,16+,17-,19?,20?,21?,22?,23-,24-,25+,26-,27+,28+/m1/s1. The molecule has 4 aliphatic rings. The number of carbonyl (C=O) groups is 1. The molecule has 0 aromatic carbocycles. The summed E-state index contributed by atoms with van der Waals surface area (Å²) < 4.78 is 6.67. The largest absolute Gasteiger partial charge is 0.390 e. The Labute approximate surface area is 205 Å².